The van der Waals surface area contributed by atoms with E-state index in [0.29, 0.717) is 12.1 Å². The molecule has 0 bridgehead atoms. The maximum atomic E-state index is 3.72. The maximum Gasteiger partial charge on any atom is 0.0247 e. The van der Waals surface area contributed by atoms with Crippen LogP contribution in [0.25, 0.3) is 0 Å². The van der Waals surface area contributed by atoms with E-state index in [1.807, 2.05) is 11.3 Å². The second-order valence-electron chi connectivity index (χ2n) is 5.84. The van der Waals surface area contributed by atoms with Gasteiger partial charge in [0.1, 0.15) is 0 Å². The summed E-state index contributed by atoms with van der Waals surface area (Å²) >= 11 is 1.81. The highest BCUT2D eigenvalue weighted by Crippen LogP contribution is 2.20. The van der Waals surface area contributed by atoms with Crippen molar-refractivity contribution in [1.29, 1.82) is 0 Å². The minimum atomic E-state index is 0.683. The number of hydrogen-bond acceptors (Lipinski definition) is 3. The van der Waals surface area contributed by atoms with Crippen molar-refractivity contribution in [2.75, 3.05) is 19.6 Å². The van der Waals surface area contributed by atoms with Gasteiger partial charge in [0, 0.05) is 31.7 Å². The molecule has 1 saturated heterocycles. The van der Waals surface area contributed by atoms with Gasteiger partial charge < -0.3 is 5.32 Å². The van der Waals surface area contributed by atoms with Crippen LogP contribution in [0.15, 0.2) is 16.8 Å². The molecule has 0 aromatic carbocycles. The summed E-state index contributed by atoms with van der Waals surface area (Å²) in [5.41, 5.74) is 1.50. The van der Waals surface area contributed by atoms with Gasteiger partial charge in [0.2, 0.25) is 0 Å². The number of rotatable bonds is 6. The summed E-state index contributed by atoms with van der Waals surface area (Å²) in [4.78, 5) is 2.73. The van der Waals surface area contributed by atoms with Crippen LogP contribution in [0, 0.1) is 5.92 Å². The highest BCUT2D eigenvalue weighted by Gasteiger charge is 2.29. The Morgan fingerprint density at radius 1 is 1.47 bits per heavy atom. The van der Waals surface area contributed by atoms with Gasteiger partial charge in [-0.3, -0.25) is 4.90 Å². The molecule has 2 nitrogen and oxygen atoms in total. The molecule has 1 fully saturated rings. The zero-order valence-electron chi connectivity index (χ0n) is 12.6. The summed E-state index contributed by atoms with van der Waals surface area (Å²) in [5.74, 6) is 0.785. The molecule has 0 aliphatic carbocycles. The lowest BCUT2D eigenvalue weighted by molar-refractivity contribution is 0.0915. The molecule has 1 aromatic rings. The fraction of sp³-hybridized carbons (Fsp3) is 0.750. The van der Waals surface area contributed by atoms with E-state index < -0.39 is 0 Å². The molecule has 1 N–H and O–H groups in total. The molecule has 108 valence electrons. The summed E-state index contributed by atoms with van der Waals surface area (Å²) in [7, 11) is 0. The largest absolute Gasteiger partial charge is 0.311 e. The average Bonchev–Trinajstić information content (AvgIpc) is 2.97. The van der Waals surface area contributed by atoms with Crippen LogP contribution in [0.4, 0.5) is 0 Å². The molecule has 0 saturated carbocycles. The Kier molecular flexibility index (Phi) is 5.86. The Bertz CT molecular complexity index is 350. The minimum absolute atomic E-state index is 0.683. The third-order valence-corrected chi connectivity index (χ3v) is 5.33. The standard InChI is InChI=1S/C16H28N2S/c1-4-13(3)16-10-17-15(5-2)11-18(16)8-6-14-7-9-19-12-14/h7,9,12-13,15-17H,4-6,8,10-11H2,1-3H3. The van der Waals surface area contributed by atoms with Gasteiger partial charge in [-0.25, -0.2) is 0 Å². The molecule has 1 aliphatic rings. The SMILES string of the molecule is CCC1CN(CCc2ccsc2)C(C(C)CC)CN1. The smallest absolute Gasteiger partial charge is 0.0247 e. The number of hydrogen-bond donors (Lipinski definition) is 1. The summed E-state index contributed by atoms with van der Waals surface area (Å²) in [6.45, 7) is 10.6. The van der Waals surface area contributed by atoms with E-state index >= 15 is 0 Å². The van der Waals surface area contributed by atoms with E-state index in [4.69, 9.17) is 0 Å². The van der Waals surface area contributed by atoms with Crippen molar-refractivity contribution in [3.8, 4) is 0 Å². The van der Waals surface area contributed by atoms with Crippen molar-refractivity contribution in [1.82, 2.24) is 10.2 Å². The molecule has 3 atom stereocenters. The van der Waals surface area contributed by atoms with Crippen LogP contribution in [0.3, 0.4) is 0 Å². The molecule has 0 amide bonds. The van der Waals surface area contributed by atoms with Gasteiger partial charge in [0.25, 0.3) is 0 Å². The molecule has 2 rings (SSSR count). The van der Waals surface area contributed by atoms with Crippen LogP contribution in [0.2, 0.25) is 0 Å². The molecule has 3 unspecified atom stereocenters. The molecule has 1 aromatic heterocycles. The van der Waals surface area contributed by atoms with Gasteiger partial charge in [-0.15, -0.1) is 0 Å². The predicted octanol–water partition coefficient (Wildman–Crippen LogP) is 3.39. The first-order chi connectivity index (χ1) is 9.24. The summed E-state index contributed by atoms with van der Waals surface area (Å²) in [6, 6.07) is 3.66. The van der Waals surface area contributed by atoms with Gasteiger partial charge in [0.15, 0.2) is 0 Å². The monoisotopic (exact) mass is 280 g/mol. The second kappa shape index (κ2) is 7.41. The molecule has 1 aliphatic heterocycles. The van der Waals surface area contributed by atoms with Gasteiger partial charge >= 0.3 is 0 Å². The van der Waals surface area contributed by atoms with Crippen LogP contribution in [-0.2, 0) is 6.42 Å². The van der Waals surface area contributed by atoms with E-state index in [-0.39, 0.29) is 0 Å². The first-order valence-corrected chi connectivity index (χ1v) is 8.67. The van der Waals surface area contributed by atoms with Crippen molar-refractivity contribution in [2.24, 2.45) is 5.92 Å². The second-order valence-corrected chi connectivity index (χ2v) is 6.62. The Balaban J connectivity index is 1.94. The molecule has 2 heterocycles. The first-order valence-electron chi connectivity index (χ1n) is 7.73. The Hall–Kier alpha value is -0.380. The number of nitrogens with zero attached hydrogens (tertiary/aromatic N) is 1. The summed E-state index contributed by atoms with van der Waals surface area (Å²) in [5, 5.41) is 8.20. The highest BCUT2D eigenvalue weighted by atomic mass is 32.1. The van der Waals surface area contributed by atoms with E-state index in [0.717, 1.165) is 12.5 Å². The van der Waals surface area contributed by atoms with E-state index in [9.17, 15) is 0 Å². The summed E-state index contributed by atoms with van der Waals surface area (Å²) < 4.78 is 0. The predicted molar refractivity (Wildman–Crippen MR) is 84.9 cm³/mol. The molecule has 0 spiro atoms. The fourth-order valence-electron chi connectivity index (χ4n) is 2.97. The Morgan fingerprint density at radius 3 is 2.95 bits per heavy atom. The molecule has 19 heavy (non-hydrogen) atoms. The molecule has 0 radical (unpaired) electrons. The van der Waals surface area contributed by atoms with E-state index in [1.165, 1.54) is 37.9 Å². The lowest BCUT2D eigenvalue weighted by Crippen LogP contribution is -2.58. The summed E-state index contributed by atoms with van der Waals surface area (Å²) in [6.07, 6.45) is 3.72. The fourth-order valence-corrected chi connectivity index (χ4v) is 3.67. The third-order valence-electron chi connectivity index (χ3n) is 4.60. The van der Waals surface area contributed by atoms with Crippen molar-refractivity contribution >= 4 is 11.3 Å². The lowest BCUT2D eigenvalue weighted by atomic mass is 9.93. The van der Waals surface area contributed by atoms with Crippen molar-refractivity contribution < 1.29 is 0 Å². The minimum Gasteiger partial charge on any atom is -0.311 e. The Labute approximate surface area is 122 Å². The van der Waals surface area contributed by atoms with Crippen molar-refractivity contribution in [3.05, 3.63) is 22.4 Å². The highest BCUT2D eigenvalue weighted by molar-refractivity contribution is 7.07. The lowest BCUT2D eigenvalue weighted by Gasteiger charge is -2.43. The van der Waals surface area contributed by atoms with Crippen LogP contribution < -0.4 is 5.32 Å². The Morgan fingerprint density at radius 2 is 2.32 bits per heavy atom. The number of thiophene rings is 1. The van der Waals surface area contributed by atoms with Gasteiger partial charge in [-0.2, -0.15) is 11.3 Å². The molecular formula is C16H28N2S. The molecule has 3 heteroatoms. The van der Waals surface area contributed by atoms with Gasteiger partial charge in [-0.1, -0.05) is 27.2 Å². The zero-order chi connectivity index (χ0) is 13.7. The zero-order valence-corrected chi connectivity index (χ0v) is 13.4. The molecular weight excluding hydrogens is 252 g/mol. The number of piperazine rings is 1. The first kappa shape index (κ1) is 15.0. The average molecular weight is 280 g/mol. The topological polar surface area (TPSA) is 15.3 Å². The van der Waals surface area contributed by atoms with Crippen LogP contribution in [0.1, 0.15) is 39.2 Å². The van der Waals surface area contributed by atoms with Gasteiger partial charge in [-0.05, 0) is 41.1 Å². The van der Waals surface area contributed by atoms with Gasteiger partial charge in [0.05, 0.1) is 0 Å². The third kappa shape index (κ3) is 4.04. The van der Waals surface area contributed by atoms with Crippen LogP contribution >= 0.6 is 11.3 Å². The quantitative estimate of drug-likeness (QED) is 0.859. The normalized spacial score (nSPS) is 26.5. The van der Waals surface area contributed by atoms with Crippen molar-refractivity contribution in [3.63, 3.8) is 0 Å². The van der Waals surface area contributed by atoms with Crippen LogP contribution in [0.5, 0.6) is 0 Å². The van der Waals surface area contributed by atoms with Crippen molar-refractivity contribution in [2.45, 2.75) is 52.1 Å². The van der Waals surface area contributed by atoms with E-state index in [1.54, 1.807) is 0 Å². The number of nitrogens with one attached hydrogen (secondary N) is 1. The van der Waals surface area contributed by atoms with E-state index in [2.05, 4.69) is 47.8 Å². The maximum absolute atomic E-state index is 3.72. The van der Waals surface area contributed by atoms with Crippen LogP contribution in [-0.4, -0.2) is 36.6 Å².